The van der Waals surface area contributed by atoms with Gasteiger partial charge in [0.15, 0.2) is 0 Å². The quantitative estimate of drug-likeness (QED) is 0.718. The number of halogens is 2. The fourth-order valence-electron chi connectivity index (χ4n) is 2.26. The average Bonchev–Trinajstić information content (AvgIpc) is 2.54. The van der Waals surface area contributed by atoms with Gasteiger partial charge in [-0.2, -0.15) is 0 Å². The summed E-state index contributed by atoms with van der Waals surface area (Å²) in [6.45, 7) is 0. The highest BCUT2D eigenvalue weighted by Gasteiger charge is 2.12. The van der Waals surface area contributed by atoms with Gasteiger partial charge in [0.25, 0.3) is 11.5 Å². The summed E-state index contributed by atoms with van der Waals surface area (Å²) < 4.78 is 0. The summed E-state index contributed by atoms with van der Waals surface area (Å²) in [7, 11) is 0. The molecule has 0 unspecified atom stereocenters. The zero-order valence-electron chi connectivity index (χ0n) is 12.3. The lowest BCUT2D eigenvalue weighted by Gasteiger charge is -2.07. The third-order valence-electron chi connectivity index (χ3n) is 3.36. The van der Waals surface area contributed by atoms with Crippen LogP contribution in [-0.2, 0) is 0 Å². The third kappa shape index (κ3) is 3.67. The Balaban J connectivity index is 1.87. The lowest BCUT2D eigenvalue weighted by molar-refractivity contribution is 0.102. The van der Waals surface area contributed by atoms with Crippen molar-refractivity contribution in [1.29, 1.82) is 0 Å². The number of aromatic amines is 1. The molecule has 1 heterocycles. The van der Waals surface area contributed by atoms with Crippen molar-refractivity contribution in [2.24, 2.45) is 0 Å². The molecular weight excluding hydrogens is 347 g/mol. The predicted octanol–water partition coefficient (Wildman–Crippen LogP) is 4.60. The minimum absolute atomic E-state index is 0.00535. The second-order valence-corrected chi connectivity index (χ2v) is 5.97. The van der Waals surface area contributed by atoms with Crippen LogP contribution in [0.5, 0.6) is 0 Å². The van der Waals surface area contributed by atoms with Crippen molar-refractivity contribution in [2.45, 2.75) is 0 Å². The molecule has 120 valence electrons. The number of amides is 1. The van der Waals surface area contributed by atoms with Gasteiger partial charge in [0, 0.05) is 21.4 Å². The molecule has 2 aromatic carbocycles. The molecule has 0 spiro atoms. The molecule has 0 aliphatic heterocycles. The monoisotopic (exact) mass is 358 g/mol. The van der Waals surface area contributed by atoms with Crippen molar-refractivity contribution in [1.82, 2.24) is 4.98 Å². The van der Waals surface area contributed by atoms with Gasteiger partial charge in [-0.3, -0.25) is 9.59 Å². The van der Waals surface area contributed by atoms with Crippen LogP contribution in [0.4, 0.5) is 5.69 Å². The van der Waals surface area contributed by atoms with Gasteiger partial charge in [-0.15, -0.1) is 0 Å². The summed E-state index contributed by atoms with van der Waals surface area (Å²) in [6, 6.07) is 17.2. The SMILES string of the molecule is O=C(Nc1cc(Cl)cc(Cl)c1)c1ccc(-c2ccccc2)[nH]c1=O. The average molecular weight is 359 g/mol. The first-order chi connectivity index (χ1) is 11.5. The highest BCUT2D eigenvalue weighted by Crippen LogP contribution is 2.23. The van der Waals surface area contributed by atoms with Crippen LogP contribution in [0.1, 0.15) is 10.4 Å². The van der Waals surface area contributed by atoms with E-state index in [1.165, 1.54) is 6.07 Å². The zero-order valence-corrected chi connectivity index (χ0v) is 13.9. The first kappa shape index (κ1) is 16.3. The van der Waals surface area contributed by atoms with E-state index in [4.69, 9.17) is 23.2 Å². The minimum Gasteiger partial charge on any atom is -0.322 e. The van der Waals surface area contributed by atoms with E-state index < -0.39 is 11.5 Å². The maximum absolute atomic E-state index is 12.3. The van der Waals surface area contributed by atoms with Crippen molar-refractivity contribution in [2.75, 3.05) is 5.32 Å². The lowest BCUT2D eigenvalue weighted by Crippen LogP contribution is -2.23. The number of rotatable bonds is 3. The summed E-state index contributed by atoms with van der Waals surface area (Å²) in [5.74, 6) is -0.533. The van der Waals surface area contributed by atoms with Crippen LogP contribution >= 0.6 is 23.2 Å². The number of hydrogen-bond acceptors (Lipinski definition) is 2. The second kappa shape index (κ2) is 6.91. The topological polar surface area (TPSA) is 62.0 Å². The van der Waals surface area contributed by atoms with Gasteiger partial charge >= 0.3 is 0 Å². The predicted molar refractivity (Wildman–Crippen MR) is 96.9 cm³/mol. The molecule has 0 saturated carbocycles. The molecule has 0 radical (unpaired) electrons. The standard InChI is InChI=1S/C18H12Cl2N2O2/c19-12-8-13(20)10-14(9-12)21-17(23)15-6-7-16(22-18(15)24)11-4-2-1-3-5-11/h1-10H,(H,21,23)(H,22,24). The molecule has 4 nitrogen and oxygen atoms in total. The first-order valence-electron chi connectivity index (χ1n) is 7.09. The Morgan fingerprint density at radius 1 is 0.917 bits per heavy atom. The van der Waals surface area contributed by atoms with E-state index in [2.05, 4.69) is 10.3 Å². The number of carbonyl (C=O) groups is 1. The number of pyridine rings is 1. The van der Waals surface area contributed by atoms with E-state index in [1.54, 1.807) is 24.3 Å². The molecule has 3 aromatic rings. The second-order valence-electron chi connectivity index (χ2n) is 5.09. The molecule has 0 aliphatic carbocycles. The summed E-state index contributed by atoms with van der Waals surface area (Å²) in [5, 5.41) is 3.40. The fourth-order valence-corrected chi connectivity index (χ4v) is 2.79. The van der Waals surface area contributed by atoms with Crippen LogP contribution in [0.15, 0.2) is 65.5 Å². The van der Waals surface area contributed by atoms with Crippen molar-refractivity contribution in [3.05, 3.63) is 86.6 Å². The van der Waals surface area contributed by atoms with Gasteiger partial charge in [-0.1, -0.05) is 53.5 Å². The van der Waals surface area contributed by atoms with E-state index in [1.807, 2.05) is 30.3 Å². The van der Waals surface area contributed by atoms with Gasteiger partial charge in [0.05, 0.1) is 0 Å². The summed E-state index contributed by atoms with van der Waals surface area (Å²) >= 11 is 11.8. The van der Waals surface area contributed by atoms with Crippen LogP contribution in [0.3, 0.4) is 0 Å². The first-order valence-corrected chi connectivity index (χ1v) is 7.85. The van der Waals surface area contributed by atoms with Crippen LogP contribution in [0, 0.1) is 0 Å². The van der Waals surface area contributed by atoms with Crippen molar-refractivity contribution >= 4 is 34.8 Å². The molecule has 3 rings (SSSR count). The fraction of sp³-hybridized carbons (Fsp3) is 0. The molecule has 0 saturated heterocycles. The van der Waals surface area contributed by atoms with Crippen molar-refractivity contribution < 1.29 is 4.79 Å². The van der Waals surface area contributed by atoms with E-state index >= 15 is 0 Å². The third-order valence-corrected chi connectivity index (χ3v) is 3.80. The van der Waals surface area contributed by atoms with Crippen LogP contribution in [0.2, 0.25) is 10.0 Å². The molecule has 6 heteroatoms. The Morgan fingerprint density at radius 2 is 1.58 bits per heavy atom. The Bertz CT molecular complexity index is 932. The minimum atomic E-state index is -0.533. The molecule has 1 aromatic heterocycles. The number of nitrogens with one attached hydrogen (secondary N) is 2. The van der Waals surface area contributed by atoms with E-state index in [-0.39, 0.29) is 5.56 Å². The summed E-state index contributed by atoms with van der Waals surface area (Å²) in [4.78, 5) is 27.2. The van der Waals surface area contributed by atoms with Crippen molar-refractivity contribution in [3.63, 3.8) is 0 Å². The highest BCUT2D eigenvalue weighted by molar-refractivity contribution is 6.35. The Morgan fingerprint density at radius 3 is 2.21 bits per heavy atom. The Hall–Kier alpha value is -2.56. The van der Waals surface area contributed by atoms with Crippen LogP contribution < -0.4 is 10.9 Å². The number of benzene rings is 2. The Labute approximate surface area is 148 Å². The number of aromatic nitrogens is 1. The molecule has 0 atom stereocenters. The normalized spacial score (nSPS) is 10.4. The molecular formula is C18H12Cl2N2O2. The summed E-state index contributed by atoms with van der Waals surface area (Å²) in [5.41, 5.74) is 1.46. The molecule has 2 N–H and O–H groups in total. The molecule has 0 fully saturated rings. The van der Waals surface area contributed by atoms with Gasteiger partial charge in [-0.05, 0) is 35.9 Å². The largest absolute Gasteiger partial charge is 0.322 e. The van der Waals surface area contributed by atoms with Gasteiger partial charge in [0.1, 0.15) is 5.56 Å². The highest BCUT2D eigenvalue weighted by atomic mass is 35.5. The Kier molecular flexibility index (Phi) is 4.69. The number of anilines is 1. The van der Waals surface area contributed by atoms with Gasteiger partial charge in [-0.25, -0.2) is 0 Å². The van der Waals surface area contributed by atoms with E-state index in [0.717, 1.165) is 5.56 Å². The maximum atomic E-state index is 12.3. The van der Waals surface area contributed by atoms with E-state index in [0.29, 0.717) is 21.4 Å². The number of carbonyl (C=O) groups excluding carboxylic acids is 1. The van der Waals surface area contributed by atoms with E-state index in [9.17, 15) is 9.59 Å². The number of hydrogen-bond donors (Lipinski definition) is 2. The van der Waals surface area contributed by atoms with Gasteiger partial charge in [0.2, 0.25) is 0 Å². The van der Waals surface area contributed by atoms with Crippen LogP contribution in [0.25, 0.3) is 11.3 Å². The number of H-pyrrole nitrogens is 1. The van der Waals surface area contributed by atoms with Crippen LogP contribution in [-0.4, -0.2) is 10.9 Å². The summed E-state index contributed by atoms with van der Waals surface area (Å²) in [6.07, 6.45) is 0. The lowest BCUT2D eigenvalue weighted by atomic mass is 10.1. The molecule has 0 aliphatic rings. The zero-order chi connectivity index (χ0) is 17.1. The van der Waals surface area contributed by atoms with Gasteiger partial charge < -0.3 is 10.3 Å². The maximum Gasteiger partial charge on any atom is 0.261 e. The van der Waals surface area contributed by atoms with Crippen molar-refractivity contribution in [3.8, 4) is 11.3 Å². The molecule has 1 amide bonds. The molecule has 0 bridgehead atoms. The molecule has 24 heavy (non-hydrogen) atoms. The smallest absolute Gasteiger partial charge is 0.261 e.